The van der Waals surface area contributed by atoms with Crippen LogP contribution in [0.3, 0.4) is 0 Å². The number of imide groups is 1. The first-order valence-electron chi connectivity index (χ1n) is 9.72. The lowest BCUT2D eigenvalue weighted by Gasteiger charge is -2.31. The molecule has 0 saturated carbocycles. The van der Waals surface area contributed by atoms with Crippen LogP contribution in [0.25, 0.3) is 21.1 Å². The number of amides is 2. The first kappa shape index (κ1) is 19.3. The summed E-state index contributed by atoms with van der Waals surface area (Å²) in [5, 5.41) is 4.28. The molecule has 0 N–H and O–H groups in total. The highest BCUT2D eigenvalue weighted by atomic mass is 79.9. The fourth-order valence-electron chi connectivity index (χ4n) is 4.26. The zero-order valence-electron chi connectivity index (χ0n) is 16.3. The van der Waals surface area contributed by atoms with Gasteiger partial charge in [-0.3, -0.25) is 18.1 Å². The number of likely N-dealkylation sites (tertiary alicyclic amines) is 1. The van der Waals surface area contributed by atoms with E-state index in [-0.39, 0.29) is 24.3 Å². The maximum Gasteiger partial charge on any atom is 0.237 e. The topological polar surface area (TPSA) is 51.5 Å². The summed E-state index contributed by atoms with van der Waals surface area (Å²) in [6.07, 6.45) is 0.903. The number of carbonyl (C=O) groups excluding carboxylic acids is 2. The first-order valence-corrected chi connectivity index (χ1v) is 11.3. The minimum atomic E-state index is -0.331. The number of piperidine rings is 1. The van der Waals surface area contributed by atoms with Gasteiger partial charge in [-0.2, -0.15) is 0 Å². The van der Waals surface area contributed by atoms with Gasteiger partial charge in [0.15, 0.2) is 0 Å². The first-order chi connectivity index (χ1) is 14.6. The molecule has 3 heterocycles. The number of thiophene rings is 1. The smallest absolute Gasteiger partial charge is 0.237 e. The average molecular weight is 483 g/mol. The summed E-state index contributed by atoms with van der Waals surface area (Å²) >= 11 is 5.31. The Morgan fingerprint density at radius 2 is 1.93 bits per heavy atom. The monoisotopic (exact) mass is 482 g/mol. The van der Waals surface area contributed by atoms with Gasteiger partial charge in [-0.05, 0) is 47.2 Å². The Balaban J connectivity index is 1.53. The van der Waals surface area contributed by atoms with E-state index in [4.69, 9.17) is 4.74 Å². The molecule has 1 aliphatic heterocycles. The van der Waals surface area contributed by atoms with Crippen LogP contribution in [0.5, 0.6) is 5.75 Å². The number of halogens is 1. The molecule has 2 aromatic carbocycles. The van der Waals surface area contributed by atoms with E-state index in [0.29, 0.717) is 12.8 Å². The highest BCUT2D eigenvalue weighted by Gasteiger charge is 2.36. The van der Waals surface area contributed by atoms with Crippen molar-refractivity contribution < 1.29 is 14.3 Å². The number of rotatable bonds is 4. The van der Waals surface area contributed by atoms with Crippen molar-refractivity contribution in [1.82, 2.24) is 8.49 Å². The third kappa shape index (κ3) is 3.04. The van der Waals surface area contributed by atoms with Crippen molar-refractivity contribution in [3.63, 3.8) is 0 Å². The molecule has 1 saturated heterocycles. The third-order valence-electron chi connectivity index (χ3n) is 5.77. The van der Waals surface area contributed by atoms with Crippen molar-refractivity contribution in [2.45, 2.75) is 25.3 Å². The van der Waals surface area contributed by atoms with Gasteiger partial charge in [0.2, 0.25) is 11.8 Å². The van der Waals surface area contributed by atoms with Gasteiger partial charge in [0, 0.05) is 17.2 Å². The summed E-state index contributed by atoms with van der Waals surface area (Å²) in [6.45, 7) is 0.279. The molecule has 7 heteroatoms. The van der Waals surface area contributed by atoms with Crippen LogP contribution in [-0.4, -0.2) is 27.4 Å². The van der Waals surface area contributed by atoms with Gasteiger partial charge in [-0.15, -0.1) is 11.3 Å². The number of fused-ring (bicyclic) bond motifs is 3. The standard InChI is InChI=1S/C23H19BrN2O3S/c1-29-15-7-5-14(6-8-15)13-25-20(27)10-9-17(22(25)28)16-3-2-4-19-21(16)18-11-12-30-23(18)26(19)24/h2-8,11-12,17H,9-10,13H2,1H3. The van der Waals surface area contributed by atoms with Gasteiger partial charge >= 0.3 is 0 Å². The lowest BCUT2D eigenvalue weighted by atomic mass is 9.86. The molecule has 2 amide bonds. The number of aromatic nitrogens is 1. The van der Waals surface area contributed by atoms with E-state index in [1.165, 1.54) is 4.90 Å². The van der Waals surface area contributed by atoms with Crippen LogP contribution in [0.4, 0.5) is 0 Å². The summed E-state index contributed by atoms with van der Waals surface area (Å²) < 4.78 is 7.19. The van der Waals surface area contributed by atoms with Crippen LogP contribution in [-0.2, 0) is 16.1 Å². The van der Waals surface area contributed by atoms with Crippen molar-refractivity contribution in [1.29, 1.82) is 0 Å². The third-order valence-corrected chi connectivity index (χ3v) is 7.64. The van der Waals surface area contributed by atoms with Crippen molar-refractivity contribution >= 4 is 60.4 Å². The Bertz CT molecular complexity index is 1280. The molecule has 5 rings (SSSR count). The molecular formula is C23H19BrN2O3S. The van der Waals surface area contributed by atoms with Crippen molar-refractivity contribution in [2.75, 3.05) is 7.11 Å². The zero-order valence-corrected chi connectivity index (χ0v) is 18.7. The molecule has 152 valence electrons. The molecule has 0 aliphatic carbocycles. The van der Waals surface area contributed by atoms with E-state index in [0.717, 1.165) is 38.0 Å². The lowest BCUT2D eigenvalue weighted by Crippen LogP contribution is -2.43. The Kier molecular flexibility index (Phi) is 4.87. The van der Waals surface area contributed by atoms with Crippen LogP contribution in [0.15, 0.2) is 53.9 Å². The largest absolute Gasteiger partial charge is 0.497 e. The minimum Gasteiger partial charge on any atom is -0.497 e. The number of hydrogen-bond acceptors (Lipinski definition) is 4. The summed E-state index contributed by atoms with van der Waals surface area (Å²) in [5.74, 6) is 0.180. The van der Waals surface area contributed by atoms with Crippen molar-refractivity contribution in [3.05, 3.63) is 65.0 Å². The summed E-state index contributed by atoms with van der Waals surface area (Å²) in [6, 6.07) is 15.6. The normalized spacial score (nSPS) is 17.3. The highest BCUT2D eigenvalue weighted by Crippen LogP contribution is 2.41. The van der Waals surface area contributed by atoms with Crippen LogP contribution < -0.4 is 4.74 Å². The SMILES string of the molecule is COc1ccc(CN2C(=O)CCC(c3cccc4c3c3ccsc3n4Br)C2=O)cc1. The van der Waals surface area contributed by atoms with E-state index in [2.05, 4.69) is 27.6 Å². The molecule has 1 fully saturated rings. The summed E-state index contributed by atoms with van der Waals surface area (Å²) in [4.78, 5) is 28.6. The van der Waals surface area contributed by atoms with Crippen molar-refractivity contribution in [2.24, 2.45) is 0 Å². The number of benzene rings is 2. The van der Waals surface area contributed by atoms with Crippen LogP contribution in [0.1, 0.15) is 29.9 Å². The molecule has 1 aliphatic rings. The van der Waals surface area contributed by atoms with Crippen molar-refractivity contribution in [3.8, 4) is 5.75 Å². The van der Waals surface area contributed by atoms with Gasteiger partial charge in [0.05, 0.1) is 41.2 Å². The molecule has 2 aromatic heterocycles. The Labute approximate surface area is 186 Å². The molecular weight excluding hydrogens is 464 g/mol. The van der Waals surface area contributed by atoms with Crippen LogP contribution in [0.2, 0.25) is 0 Å². The van der Waals surface area contributed by atoms with E-state index in [9.17, 15) is 9.59 Å². The van der Waals surface area contributed by atoms with Gasteiger partial charge in [-0.25, -0.2) is 0 Å². The predicted molar refractivity (Wildman–Crippen MR) is 122 cm³/mol. The number of methoxy groups -OCH3 is 1. The molecule has 1 unspecified atom stereocenters. The number of ether oxygens (including phenoxy) is 1. The quantitative estimate of drug-likeness (QED) is 0.363. The lowest BCUT2D eigenvalue weighted by molar-refractivity contribution is -0.150. The molecule has 0 radical (unpaired) electrons. The number of carbonyl (C=O) groups is 2. The second kappa shape index (κ2) is 7.56. The molecule has 1 atom stereocenters. The molecule has 0 bridgehead atoms. The average Bonchev–Trinajstić information content (AvgIpc) is 3.35. The maximum atomic E-state index is 13.5. The van der Waals surface area contributed by atoms with Gasteiger partial charge in [-0.1, -0.05) is 24.3 Å². The van der Waals surface area contributed by atoms with Crippen LogP contribution >= 0.6 is 27.5 Å². The number of hydrogen-bond donors (Lipinski definition) is 0. The Hall–Kier alpha value is -2.64. The Morgan fingerprint density at radius 3 is 2.70 bits per heavy atom. The van der Waals surface area contributed by atoms with E-state index >= 15 is 0 Å². The van der Waals surface area contributed by atoms with E-state index in [1.54, 1.807) is 18.4 Å². The molecule has 5 nitrogen and oxygen atoms in total. The fourth-order valence-corrected chi connectivity index (χ4v) is 5.82. The minimum absolute atomic E-state index is 0.113. The van der Waals surface area contributed by atoms with Gasteiger partial charge in [0.25, 0.3) is 0 Å². The number of nitrogens with zero attached hydrogens (tertiary/aromatic N) is 2. The highest BCUT2D eigenvalue weighted by molar-refractivity contribution is 9.08. The maximum absolute atomic E-state index is 13.5. The van der Waals surface area contributed by atoms with E-state index in [1.807, 2.05) is 46.1 Å². The van der Waals surface area contributed by atoms with Gasteiger partial charge in [0.1, 0.15) is 10.6 Å². The second-order valence-electron chi connectivity index (χ2n) is 7.42. The molecule has 30 heavy (non-hydrogen) atoms. The Morgan fingerprint density at radius 1 is 1.13 bits per heavy atom. The van der Waals surface area contributed by atoms with Gasteiger partial charge < -0.3 is 4.74 Å². The molecule has 4 aromatic rings. The zero-order chi connectivity index (χ0) is 20.8. The fraction of sp³-hybridized carbons (Fsp3) is 0.217. The summed E-state index contributed by atoms with van der Waals surface area (Å²) in [7, 11) is 1.61. The summed E-state index contributed by atoms with van der Waals surface area (Å²) in [5.41, 5.74) is 2.94. The van der Waals surface area contributed by atoms with Crippen LogP contribution in [0, 0.1) is 0 Å². The molecule has 0 spiro atoms. The second-order valence-corrected chi connectivity index (χ2v) is 9.02. The predicted octanol–water partition coefficient (Wildman–Crippen LogP) is 5.46. The van der Waals surface area contributed by atoms with E-state index < -0.39 is 0 Å².